The zero-order valence-corrected chi connectivity index (χ0v) is 15.8. The molecule has 25 heavy (non-hydrogen) atoms. The van der Waals surface area contributed by atoms with E-state index in [2.05, 4.69) is 41.1 Å². The van der Waals surface area contributed by atoms with Gasteiger partial charge >= 0.3 is 0 Å². The van der Waals surface area contributed by atoms with Gasteiger partial charge in [-0.1, -0.05) is 38.8 Å². The maximum absolute atomic E-state index is 5.37. The molecule has 1 fully saturated rings. The lowest BCUT2D eigenvalue weighted by atomic mass is 9.89. The molecule has 4 nitrogen and oxygen atoms in total. The van der Waals surface area contributed by atoms with E-state index in [1.807, 2.05) is 18.3 Å². The highest BCUT2D eigenvalue weighted by atomic mass is 16.5. The van der Waals surface area contributed by atoms with Gasteiger partial charge in [0.05, 0.1) is 13.3 Å². The predicted octanol–water partition coefficient (Wildman–Crippen LogP) is 4.70. The number of aromatic amines is 1. The molecule has 1 aliphatic heterocycles. The van der Waals surface area contributed by atoms with Crippen molar-refractivity contribution in [2.24, 2.45) is 5.92 Å². The van der Waals surface area contributed by atoms with Crippen molar-refractivity contribution < 1.29 is 4.74 Å². The second-order valence-corrected chi connectivity index (χ2v) is 7.19. The van der Waals surface area contributed by atoms with Crippen molar-refractivity contribution >= 4 is 0 Å². The molecule has 1 saturated heterocycles. The number of nitrogens with one attached hydrogen (secondary N) is 1. The lowest BCUT2D eigenvalue weighted by Crippen LogP contribution is -2.36. The Labute approximate surface area is 151 Å². The second-order valence-electron chi connectivity index (χ2n) is 7.19. The Hall–Kier alpha value is -1.81. The maximum atomic E-state index is 5.37. The van der Waals surface area contributed by atoms with Crippen LogP contribution in [0.25, 0.3) is 11.1 Å². The van der Waals surface area contributed by atoms with E-state index in [0.29, 0.717) is 5.92 Å². The van der Waals surface area contributed by atoms with Gasteiger partial charge in [-0.2, -0.15) is 5.10 Å². The van der Waals surface area contributed by atoms with E-state index in [9.17, 15) is 0 Å². The largest absolute Gasteiger partial charge is 0.497 e. The van der Waals surface area contributed by atoms with Gasteiger partial charge in [0.2, 0.25) is 0 Å². The maximum Gasteiger partial charge on any atom is 0.119 e. The molecule has 0 radical (unpaired) electrons. The van der Waals surface area contributed by atoms with Gasteiger partial charge in [0, 0.05) is 23.7 Å². The van der Waals surface area contributed by atoms with Crippen molar-refractivity contribution in [1.82, 2.24) is 15.1 Å². The third kappa shape index (κ3) is 4.24. The van der Waals surface area contributed by atoms with Gasteiger partial charge in [-0.3, -0.25) is 5.10 Å². The number of hydrogen-bond acceptors (Lipinski definition) is 3. The van der Waals surface area contributed by atoms with Gasteiger partial charge in [0.1, 0.15) is 5.75 Å². The molecule has 0 atom stereocenters. The highest BCUT2D eigenvalue weighted by molar-refractivity contribution is 5.67. The summed E-state index contributed by atoms with van der Waals surface area (Å²) < 4.78 is 5.37. The molecule has 0 bridgehead atoms. The fourth-order valence-electron chi connectivity index (χ4n) is 3.94. The van der Waals surface area contributed by atoms with E-state index >= 15 is 0 Å². The number of ether oxygens (including phenoxy) is 1. The van der Waals surface area contributed by atoms with Crippen molar-refractivity contribution in [3.63, 3.8) is 0 Å². The summed E-state index contributed by atoms with van der Waals surface area (Å²) in [6.07, 6.45) is 6.95. The van der Waals surface area contributed by atoms with Crippen LogP contribution in [0, 0.1) is 5.92 Å². The third-order valence-electron chi connectivity index (χ3n) is 5.72. The number of methoxy groups -OCH3 is 1. The molecule has 136 valence electrons. The van der Waals surface area contributed by atoms with E-state index in [-0.39, 0.29) is 0 Å². The fourth-order valence-corrected chi connectivity index (χ4v) is 3.94. The van der Waals surface area contributed by atoms with E-state index < -0.39 is 0 Å². The normalized spacial score (nSPS) is 16.5. The smallest absolute Gasteiger partial charge is 0.119 e. The van der Waals surface area contributed by atoms with Crippen LogP contribution in [-0.2, 0) is 0 Å². The summed E-state index contributed by atoms with van der Waals surface area (Å²) in [6, 6.07) is 8.26. The van der Waals surface area contributed by atoms with Crippen LogP contribution >= 0.6 is 0 Å². The molecule has 4 heteroatoms. The summed E-state index contributed by atoms with van der Waals surface area (Å²) in [5.74, 6) is 2.31. The molecular formula is C21H31N3O. The first-order chi connectivity index (χ1) is 12.2. The number of rotatable bonds is 7. The minimum absolute atomic E-state index is 0.571. The molecule has 3 rings (SSSR count). The molecule has 0 spiro atoms. The quantitative estimate of drug-likeness (QED) is 0.793. The fraction of sp³-hybridized carbons (Fsp3) is 0.571. The van der Waals surface area contributed by atoms with Crippen molar-refractivity contribution in [1.29, 1.82) is 0 Å². The van der Waals surface area contributed by atoms with Crippen molar-refractivity contribution in [2.45, 2.75) is 45.4 Å². The van der Waals surface area contributed by atoms with E-state index in [1.165, 1.54) is 62.1 Å². The average molecular weight is 341 g/mol. The van der Waals surface area contributed by atoms with Gasteiger partial charge in [-0.05, 0) is 49.5 Å². The third-order valence-corrected chi connectivity index (χ3v) is 5.72. The monoisotopic (exact) mass is 341 g/mol. The number of piperidine rings is 1. The summed E-state index contributed by atoms with van der Waals surface area (Å²) in [4.78, 5) is 2.65. The molecule has 1 aromatic carbocycles. The van der Waals surface area contributed by atoms with Crippen LogP contribution < -0.4 is 4.74 Å². The molecule has 1 aromatic heterocycles. The Bertz CT molecular complexity index is 655. The molecule has 0 saturated carbocycles. The van der Waals surface area contributed by atoms with Crippen LogP contribution in [0.5, 0.6) is 5.75 Å². The van der Waals surface area contributed by atoms with Gasteiger partial charge in [0.25, 0.3) is 0 Å². The predicted molar refractivity (Wildman–Crippen MR) is 103 cm³/mol. The van der Waals surface area contributed by atoms with Crippen LogP contribution in [0.1, 0.15) is 51.1 Å². The first-order valence-corrected chi connectivity index (χ1v) is 9.65. The minimum atomic E-state index is 0.571. The first kappa shape index (κ1) is 18.0. The van der Waals surface area contributed by atoms with Gasteiger partial charge in [-0.25, -0.2) is 0 Å². The number of aromatic nitrogens is 2. The molecular weight excluding hydrogens is 310 g/mol. The number of hydrogen-bond donors (Lipinski definition) is 1. The zero-order chi connectivity index (χ0) is 17.6. The Morgan fingerprint density at radius 1 is 1.24 bits per heavy atom. The molecule has 2 heterocycles. The van der Waals surface area contributed by atoms with E-state index in [0.717, 1.165) is 11.7 Å². The Morgan fingerprint density at radius 2 is 2.00 bits per heavy atom. The number of benzene rings is 1. The van der Waals surface area contributed by atoms with Gasteiger partial charge in [-0.15, -0.1) is 0 Å². The SMILES string of the molecule is CCC(CC)CN1CCC(c2[nH]ncc2-c2cccc(OC)c2)CC1. The van der Waals surface area contributed by atoms with Crippen LogP contribution in [0.3, 0.4) is 0 Å². The van der Waals surface area contributed by atoms with Crippen LogP contribution in [0.4, 0.5) is 0 Å². The average Bonchev–Trinajstić information content (AvgIpc) is 3.16. The summed E-state index contributed by atoms with van der Waals surface area (Å²) in [5.41, 5.74) is 3.69. The molecule has 0 aliphatic carbocycles. The molecule has 1 aliphatic rings. The number of likely N-dealkylation sites (tertiary alicyclic amines) is 1. The van der Waals surface area contributed by atoms with Gasteiger partial charge < -0.3 is 9.64 Å². The second kappa shape index (κ2) is 8.52. The lowest BCUT2D eigenvalue weighted by Gasteiger charge is -2.34. The Balaban J connectivity index is 1.67. The summed E-state index contributed by atoms with van der Waals surface area (Å²) in [6.45, 7) is 8.26. The van der Waals surface area contributed by atoms with Crippen molar-refractivity contribution in [3.05, 3.63) is 36.2 Å². The molecule has 1 N–H and O–H groups in total. The number of H-pyrrole nitrogens is 1. The highest BCUT2D eigenvalue weighted by Gasteiger charge is 2.25. The Morgan fingerprint density at radius 3 is 2.68 bits per heavy atom. The van der Waals surface area contributed by atoms with Crippen LogP contribution in [0.15, 0.2) is 30.5 Å². The Kier molecular flexibility index (Phi) is 6.14. The van der Waals surface area contributed by atoms with E-state index in [1.54, 1.807) is 7.11 Å². The van der Waals surface area contributed by atoms with Gasteiger partial charge in [0.15, 0.2) is 0 Å². The summed E-state index contributed by atoms with van der Waals surface area (Å²) in [5, 5.41) is 7.62. The van der Waals surface area contributed by atoms with Crippen LogP contribution in [-0.4, -0.2) is 41.8 Å². The molecule has 0 amide bonds. The number of nitrogens with zero attached hydrogens (tertiary/aromatic N) is 2. The summed E-state index contributed by atoms with van der Waals surface area (Å²) in [7, 11) is 1.71. The zero-order valence-electron chi connectivity index (χ0n) is 15.8. The van der Waals surface area contributed by atoms with E-state index in [4.69, 9.17) is 4.74 Å². The summed E-state index contributed by atoms with van der Waals surface area (Å²) >= 11 is 0. The standard InChI is InChI=1S/C21H31N3O/c1-4-16(5-2)15-24-11-9-17(10-12-24)21-20(14-22-23-21)18-7-6-8-19(13-18)25-3/h6-8,13-14,16-17H,4-5,9-12,15H2,1-3H3,(H,22,23). The van der Waals surface area contributed by atoms with Crippen LogP contribution in [0.2, 0.25) is 0 Å². The topological polar surface area (TPSA) is 41.2 Å². The first-order valence-electron chi connectivity index (χ1n) is 9.65. The molecule has 2 aromatic rings. The van der Waals surface area contributed by atoms with Crippen molar-refractivity contribution in [3.8, 4) is 16.9 Å². The highest BCUT2D eigenvalue weighted by Crippen LogP contribution is 2.35. The minimum Gasteiger partial charge on any atom is -0.497 e. The lowest BCUT2D eigenvalue weighted by molar-refractivity contribution is 0.177. The molecule has 0 unspecified atom stereocenters. The van der Waals surface area contributed by atoms with Crippen molar-refractivity contribution in [2.75, 3.05) is 26.7 Å².